The summed E-state index contributed by atoms with van der Waals surface area (Å²) in [5.74, 6) is 0. The molecule has 21 heavy (non-hydrogen) atoms. The topological polar surface area (TPSA) is 50.7 Å². The van der Waals surface area contributed by atoms with Gasteiger partial charge in [-0.1, -0.05) is 6.07 Å². The Labute approximate surface area is 128 Å². The lowest BCUT2D eigenvalue weighted by Crippen LogP contribution is -2.19. The Bertz CT molecular complexity index is 1090. The number of H-pyrrole nitrogens is 1. The molecule has 0 spiro atoms. The van der Waals surface area contributed by atoms with Crippen LogP contribution in [0.15, 0.2) is 52.8 Å². The first kappa shape index (κ1) is 12.4. The van der Waals surface area contributed by atoms with Gasteiger partial charge >= 0.3 is 0 Å². The van der Waals surface area contributed by atoms with E-state index in [4.69, 9.17) is 12.2 Å². The van der Waals surface area contributed by atoms with Gasteiger partial charge in [0.25, 0.3) is 5.56 Å². The van der Waals surface area contributed by atoms with Gasteiger partial charge in [0, 0.05) is 11.6 Å². The average Bonchev–Trinajstić information content (AvgIpc) is 2.95. The van der Waals surface area contributed by atoms with Gasteiger partial charge < -0.3 is 4.98 Å². The zero-order chi connectivity index (χ0) is 14.4. The minimum atomic E-state index is -0.0989. The molecule has 0 radical (unpaired) electrons. The second-order valence-electron chi connectivity index (χ2n) is 4.61. The van der Waals surface area contributed by atoms with E-state index in [1.807, 2.05) is 41.8 Å². The molecule has 0 amide bonds. The maximum atomic E-state index is 12.6. The molecule has 1 N–H and O–H groups in total. The monoisotopic (exact) mass is 311 g/mol. The van der Waals surface area contributed by atoms with Crippen molar-refractivity contribution >= 4 is 44.7 Å². The highest BCUT2D eigenvalue weighted by Crippen LogP contribution is 2.18. The summed E-state index contributed by atoms with van der Waals surface area (Å²) in [6.45, 7) is 0. The van der Waals surface area contributed by atoms with Gasteiger partial charge in [0.05, 0.1) is 16.6 Å². The maximum Gasteiger partial charge on any atom is 0.267 e. The number of aromatic amines is 1. The summed E-state index contributed by atoms with van der Waals surface area (Å²) in [7, 11) is 0. The highest BCUT2D eigenvalue weighted by Gasteiger charge is 2.09. The Morgan fingerprint density at radius 2 is 2.14 bits per heavy atom. The Morgan fingerprint density at radius 1 is 1.24 bits per heavy atom. The summed E-state index contributed by atoms with van der Waals surface area (Å²) >= 11 is 6.81. The molecule has 4 rings (SSSR count). The third kappa shape index (κ3) is 1.91. The molecule has 102 valence electrons. The Kier molecular flexibility index (Phi) is 2.73. The lowest BCUT2D eigenvalue weighted by atomic mass is 10.2. The van der Waals surface area contributed by atoms with Crippen LogP contribution in [-0.4, -0.2) is 14.5 Å². The highest BCUT2D eigenvalue weighted by molar-refractivity contribution is 7.71. The van der Waals surface area contributed by atoms with Gasteiger partial charge in [0.1, 0.15) is 4.83 Å². The Hall–Kier alpha value is -2.31. The van der Waals surface area contributed by atoms with Crippen LogP contribution in [0.4, 0.5) is 0 Å². The average molecular weight is 311 g/mol. The zero-order valence-electron chi connectivity index (χ0n) is 10.7. The molecule has 3 aromatic heterocycles. The molecule has 0 bridgehead atoms. The number of aromatic nitrogens is 3. The van der Waals surface area contributed by atoms with Gasteiger partial charge in [0.15, 0.2) is 4.77 Å². The predicted octanol–water partition coefficient (Wildman–Crippen LogP) is 3.66. The van der Waals surface area contributed by atoms with Crippen LogP contribution in [0, 0.1) is 4.77 Å². The molecule has 0 atom stereocenters. The van der Waals surface area contributed by atoms with Crippen LogP contribution >= 0.6 is 23.6 Å². The minimum Gasteiger partial charge on any atom is -0.323 e. The molecular weight excluding hydrogens is 302 g/mol. The molecule has 4 nitrogen and oxygen atoms in total. The summed E-state index contributed by atoms with van der Waals surface area (Å²) in [4.78, 5) is 20.8. The second kappa shape index (κ2) is 4.61. The normalized spacial score (nSPS) is 11.2. The number of fused-ring (bicyclic) bond motifs is 2. The molecule has 0 fully saturated rings. The summed E-state index contributed by atoms with van der Waals surface area (Å²) in [6, 6.07) is 11.3. The van der Waals surface area contributed by atoms with E-state index in [0.29, 0.717) is 10.2 Å². The van der Waals surface area contributed by atoms with E-state index >= 15 is 0 Å². The first-order valence-electron chi connectivity index (χ1n) is 6.32. The quantitative estimate of drug-likeness (QED) is 0.546. The lowest BCUT2D eigenvalue weighted by Gasteiger charge is -2.07. The number of hydrogen-bond donors (Lipinski definition) is 1. The van der Waals surface area contributed by atoms with Crippen LogP contribution < -0.4 is 5.56 Å². The van der Waals surface area contributed by atoms with E-state index in [-0.39, 0.29) is 5.56 Å². The fourth-order valence-electron chi connectivity index (χ4n) is 2.38. The fraction of sp³-hybridized carbons (Fsp3) is 0. The van der Waals surface area contributed by atoms with Crippen LogP contribution in [0.2, 0.25) is 0 Å². The predicted molar refractivity (Wildman–Crippen MR) is 87.9 cm³/mol. The number of rotatable bonds is 1. The van der Waals surface area contributed by atoms with Gasteiger partial charge in [-0.25, -0.2) is 0 Å². The number of nitrogens with one attached hydrogen (secondary N) is 1. The largest absolute Gasteiger partial charge is 0.323 e. The second-order valence-corrected chi connectivity index (χ2v) is 5.92. The van der Waals surface area contributed by atoms with Gasteiger partial charge in [0.2, 0.25) is 0 Å². The minimum absolute atomic E-state index is 0.0989. The first-order chi connectivity index (χ1) is 10.2. The van der Waals surface area contributed by atoms with Crippen molar-refractivity contribution in [3.63, 3.8) is 0 Å². The zero-order valence-corrected chi connectivity index (χ0v) is 12.4. The van der Waals surface area contributed by atoms with Crippen molar-refractivity contribution in [1.29, 1.82) is 0 Å². The summed E-state index contributed by atoms with van der Waals surface area (Å²) < 4.78 is 1.93. The summed E-state index contributed by atoms with van der Waals surface area (Å²) in [5.41, 5.74) is 1.54. The number of pyridine rings is 1. The van der Waals surface area contributed by atoms with E-state index < -0.39 is 0 Å². The number of thiophene rings is 1. The Balaban J connectivity index is 2.08. The van der Waals surface area contributed by atoms with E-state index in [0.717, 1.165) is 21.4 Å². The van der Waals surface area contributed by atoms with Crippen molar-refractivity contribution < 1.29 is 0 Å². The highest BCUT2D eigenvalue weighted by atomic mass is 32.1. The van der Waals surface area contributed by atoms with Crippen LogP contribution in [-0.2, 0) is 0 Å². The molecule has 3 heterocycles. The number of benzene rings is 1. The smallest absolute Gasteiger partial charge is 0.267 e. The van der Waals surface area contributed by atoms with Crippen LogP contribution in [0.1, 0.15) is 0 Å². The number of hydrogen-bond acceptors (Lipinski definition) is 4. The third-order valence-electron chi connectivity index (χ3n) is 3.37. The molecule has 0 unspecified atom stereocenters. The van der Waals surface area contributed by atoms with Crippen LogP contribution in [0.5, 0.6) is 0 Å². The van der Waals surface area contributed by atoms with Crippen LogP contribution in [0.25, 0.3) is 26.8 Å². The molecule has 1 aromatic carbocycles. The van der Waals surface area contributed by atoms with E-state index in [1.165, 1.54) is 15.9 Å². The van der Waals surface area contributed by atoms with E-state index in [1.54, 1.807) is 6.20 Å². The molecule has 0 saturated carbocycles. The van der Waals surface area contributed by atoms with Crippen molar-refractivity contribution in [2.24, 2.45) is 0 Å². The van der Waals surface area contributed by atoms with Crippen molar-refractivity contribution in [3.8, 4) is 5.69 Å². The molecule has 0 saturated heterocycles. The van der Waals surface area contributed by atoms with Gasteiger partial charge in [-0.05, 0) is 47.9 Å². The van der Waals surface area contributed by atoms with Crippen molar-refractivity contribution in [3.05, 3.63) is 63.1 Å². The fourth-order valence-corrected chi connectivity index (χ4v) is 3.51. The van der Waals surface area contributed by atoms with Crippen LogP contribution in [0.3, 0.4) is 0 Å². The summed E-state index contributed by atoms with van der Waals surface area (Å²) in [6.07, 6.45) is 1.75. The molecule has 0 aliphatic heterocycles. The standard InChI is InChI=1S/C15H9N3OS2/c19-14-11-5-7-21-13(11)17-15(20)18(14)10-3-4-12-9(8-10)2-1-6-16-12/h1-8H,(H,17,20). The summed E-state index contributed by atoms with van der Waals surface area (Å²) in [5, 5.41) is 3.51. The van der Waals surface area contributed by atoms with Crippen molar-refractivity contribution in [2.45, 2.75) is 0 Å². The van der Waals surface area contributed by atoms with E-state index in [2.05, 4.69) is 9.97 Å². The van der Waals surface area contributed by atoms with Gasteiger partial charge in [-0.15, -0.1) is 11.3 Å². The number of nitrogens with zero attached hydrogens (tertiary/aromatic N) is 2. The van der Waals surface area contributed by atoms with Gasteiger partial charge in [-0.2, -0.15) is 0 Å². The Morgan fingerprint density at radius 3 is 3.05 bits per heavy atom. The molecule has 6 heteroatoms. The first-order valence-corrected chi connectivity index (χ1v) is 7.60. The maximum absolute atomic E-state index is 12.6. The molecule has 0 aliphatic carbocycles. The molecular formula is C15H9N3OS2. The molecule has 0 aliphatic rings. The van der Waals surface area contributed by atoms with Crippen molar-refractivity contribution in [2.75, 3.05) is 0 Å². The third-order valence-corrected chi connectivity index (χ3v) is 4.48. The van der Waals surface area contributed by atoms with E-state index in [9.17, 15) is 4.79 Å². The van der Waals surface area contributed by atoms with Gasteiger partial charge in [-0.3, -0.25) is 14.3 Å². The molecule has 4 aromatic rings. The van der Waals surface area contributed by atoms with Crippen molar-refractivity contribution in [1.82, 2.24) is 14.5 Å². The lowest BCUT2D eigenvalue weighted by molar-refractivity contribution is 0.945. The SMILES string of the molecule is O=c1c2ccsc2[nH]c(=S)n1-c1ccc2ncccc2c1.